The maximum atomic E-state index is 13.5. The summed E-state index contributed by atoms with van der Waals surface area (Å²) in [5.41, 5.74) is 0.642. The Hall–Kier alpha value is -1.45. The third-order valence-electron chi connectivity index (χ3n) is 8.85. The number of ether oxygens (including phenoxy) is 1. The van der Waals surface area contributed by atoms with Crippen molar-refractivity contribution in [3.05, 3.63) is 11.6 Å². The number of hydrogen-bond donors (Lipinski definition) is 0. The molecule has 0 amide bonds. The molecular weight excluding hydrogens is 352 g/mol. The molecule has 0 bridgehead atoms. The van der Waals surface area contributed by atoms with Gasteiger partial charge in [0.05, 0.1) is 0 Å². The van der Waals surface area contributed by atoms with E-state index in [4.69, 9.17) is 4.74 Å². The standard InChI is InChI=1S/C24H34O4/c1-5-21(27)28-16-10-11-23(3)15(12-16)6-7-17-19-9-8-18(14(2)25)24(19,4)13-20(26)22(17)23/h8,15-17,19,22H,5-7,9-13H2,1-4H3/t15-,16+,17-,19-,22+,23-,24+/m0/s1. The van der Waals surface area contributed by atoms with Crippen molar-refractivity contribution in [2.75, 3.05) is 0 Å². The average Bonchev–Trinajstić information content (AvgIpc) is 2.98. The number of hydrogen-bond acceptors (Lipinski definition) is 4. The van der Waals surface area contributed by atoms with Crippen LogP contribution >= 0.6 is 0 Å². The molecule has 0 saturated heterocycles. The normalized spacial score (nSPS) is 44.8. The van der Waals surface area contributed by atoms with Gasteiger partial charge in [-0.3, -0.25) is 14.4 Å². The van der Waals surface area contributed by atoms with Gasteiger partial charge in [0.1, 0.15) is 11.9 Å². The molecule has 4 aliphatic rings. The molecule has 0 aromatic heterocycles. The first kappa shape index (κ1) is 19.8. The largest absolute Gasteiger partial charge is 0.462 e. The van der Waals surface area contributed by atoms with E-state index in [1.54, 1.807) is 6.92 Å². The van der Waals surface area contributed by atoms with E-state index in [0.29, 0.717) is 36.4 Å². The van der Waals surface area contributed by atoms with Crippen molar-refractivity contribution in [1.29, 1.82) is 0 Å². The van der Waals surface area contributed by atoms with Crippen LogP contribution in [0.5, 0.6) is 0 Å². The Bertz CT molecular complexity index is 737. The summed E-state index contributed by atoms with van der Waals surface area (Å²) >= 11 is 0. The molecule has 0 radical (unpaired) electrons. The number of carbonyl (C=O) groups excluding carboxylic acids is 3. The van der Waals surface area contributed by atoms with Crippen LogP contribution in [0.3, 0.4) is 0 Å². The number of ketones is 2. The summed E-state index contributed by atoms with van der Waals surface area (Å²) < 4.78 is 5.65. The van der Waals surface area contributed by atoms with Crippen molar-refractivity contribution in [1.82, 2.24) is 0 Å². The predicted octanol–water partition coefficient (Wildman–Crippen LogP) is 4.66. The zero-order chi connectivity index (χ0) is 20.3. The molecule has 4 aliphatic carbocycles. The molecule has 154 valence electrons. The number of esters is 1. The molecular formula is C24H34O4. The molecule has 0 N–H and O–H groups in total. The van der Waals surface area contributed by atoms with E-state index in [0.717, 1.165) is 44.1 Å². The summed E-state index contributed by atoms with van der Waals surface area (Å²) in [6.45, 7) is 7.96. The minimum Gasteiger partial charge on any atom is -0.462 e. The Morgan fingerprint density at radius 2 is 1.96 bits per heavy atom. The first-order valence-electron chi connectivity index (χ1n) is 11.1. The van der Waals surface area contributed by atoms with E-state index < -0.39 is 0 Å². The minimum atomic E-state index is -0.263. The predicted molar refractivity (Wildman–Crippen MR) is 106 cm³/mol. The van der Waals surface area contributed by atoms with Gasteiger partial charge in [-0.1, -0.05) is 26.8 Å². The number of fused-ring (bicyclic) bond motifs is 5. The van der Waals surface area contributed by atoms with Crippen LogP contribution in [-0.4, -0.2) is 23.6 Å². The van der Waals surface area contributed by atoms with Gasteiger partial charge >= 0.3 is 5.97 Å². The Kier molecular flexibility index (Phi) is 4.83. The van der Waals surface area contributed by atoms with Gasteiger partial charge in [0.15, 0.2) is 5.78 Å². The van der Waals surface area contributed by atoms with Crippen molar-refractivity contribution < 1.29 is 19.1 Å². The second-order valence-corrected chi connectivity index (χ2v) is 10.2. The van der Waals surface area contributed by atoms with E-state index in [9.17, 15) is 14.4 Å². The van der Waals surface area contributed by atoms with Crippen molar-refractivity contribution in [2.45, 2.75) is 85.2 Å². The zero-order valence-corrected chi connectivity index (χ0v) is 17.8. The molecule has 28 heavy (non-hydrogen) atoms. The van der Waals surface area contributed by atoms with Gasteiger partial charge in [-0.2, -0.15) is 0 Å². The van der Waals surface area contributed by atoms with Crippen molar-refractivity contribution in [3.8, 4) is 0 Å². The second-order valence-electron chi connectivity index (χ2n) is 10.2. The molecule has 0 aliphatic heterocycles. The molecule has 4 rings (SSSR count). The highest BCUT2D eigenvalue weighted by Crippen LogP contribution is 2.65. The minimum absolute atomic E-state index is 0.00935. The Morgan fingerprint density at radius 1 is 1.21 bits per heavy atom. The average molecular weight is 387 g/mol. The number of allylic oxidation sites excluding steroid dienone is 2. The molecule has 3 saturated carbocycles. The molecule has 4 heteroatoms. The fraction of sp³-hybridized carbons (Fsp3) is 0.792. The van der Waals surface area contributed by atoms with E-state index in [-0.39, 0.29) is 34.6 Å². The monoisotopic (exact) mass is 386 g/mol. The molecule has 0 unspecified atom stereocenters. The molecule has 0 spiro atoms. The highest BCUT2D eigenvalue weighted by atomic mass is 16.5. The van der Waals surface area contributed by atoms with Gasteiger partial charge in [-0.15, -0.1) is 0 Å². The van der Waals surface area contributed by atoms with Crippen LogP contribution in [0.25, 0.3) is 0 Å². The Balaban J connectivity index is 1.57. The second kappa shape index (κ2) is 6.81. The molecule has 0 aromatic rings. The summed E-state index contributed by atoms with van der Waals surface area (Å²) in [4.78, 5) is 37.4. The summed E-state index contributed by atoms with van der Waals surface area (Å²) in [6, 6.07) is 0. The van der Waals surface area contributed by atoms with Crippen LogP contribution in [0.15, 0.2) is 11.6 Å². The van der Waals surface area contributed by atoms with Crippen LogP contribution < -0.4 is 0 Å². The van der Waals surface area contributed by atoms with Gasteiger partial charge < -0.3 is 4.74 Å². The summed E-state index contributed by atoms with van der Waals surface area (Å²) in [6.07, 6.45) is 8.92. The maximum absolute atomic E-state index is 13.5. The highest BCUT2D eigenvalue weighted by molar-refractivity contribution is 5.97. The van der Waals surface area contributed by atoms with Crippen LogP contribution in [0, 0.1) is 34.5 Å². The number of rotatable bonds is 3. The third kappa shape index (κ3) is 2.81. The summed E-state index contributed by atoms with van der Waals surface area (Å²) in [5.74, 6) is 1.75. The van der Waals surface area contributed by atoms with Crippen LogP contribution in [0.1, 0.15) is 79.1 Å². The van der Waals surface area contributed by atoms with Crippen molar-refractivity contribution in [3.63, 3.8) is 0 Å². The highest BCUT2D eigenvalue weighted by Gasteiger charge is 2.62. The van der Waals surface area contributed by atoms with E-state index >= 15 is 0 Å². The van der Waals surface area contributed by atoms with Gasteiger partial charge in [-0.25, -0.2) is 0 Å². The lowest BCUT2D eigenvalue weighted by Crippen LogP contribution is -2.57. The lowest BCUT2D eigenvalue weighted by molar-refractivity contribution is -0.167. The maximum Gasteiger partial charge on any atom is 0.305 e. The first-order valence-corrected chi connectivity index (χ1v) is 11.1. The van der Waals surface area contributed by atoms with E-state index in [2.05, 4.69) is 19.9 Å². The van der Waals surface area contributed by atoms with Crippen LogP contribution in [0.4, 0.5) is 0 Å². The zero-order valence-electron chi connectivity index (χ0n) is 17.8. The Morgan fingerprint density at radius 3 is 2.64 bits per heavy atom. The van der Waals surface area contributed by atoms with Gasteiger partial charge in [0.2, 0.25) is 0 Å². The van der Waals surface area contributed by atoms with E-state index in [1.807, 2.05) is 6.92 Å². The van der Waals surface area contributed by atoms with Crippen molar-refractivity contribution >= 4 is 17.5 Å². The lowest BCUT2D eigenvalue weighted by Gasteiger charge is -2.59. The molecule has 3 fully saturated rings. The molecule has 4 nitrogen and oxygen atoms in total. The molecule has 7 atom stereocenters. The van der Waals surface area contributed by atoms with Crippen molar-refractivity contribution in [2.24, 2.45) is 34.5 Å². The summed E-state index contributed by atoms with van der Waals surface area (Å²) in [5, 5.41) is 0. The van der Waals surface area contributed by atoms with Gasteiger partial charge in [0, 0.05) is 24.2 Å². The topological polar surface area (TPSA) is 60.4 Å². The van der Waals surface area contributed by atoms with Crippen LogP contribution in [0.2, 0.25) is 0 Å². The smallest absolute Gasteiger partial charge is 0.305 e. The van der Waals surface area contributed by atoms with Gasteiger partial charge in [0.25, 0.3) is 0 Å². The third-order valence-corrected chi connectivity index (χ3v) is 8.85. The lowest BCUT2D eigenvalue weighted by atomic mass is 9.44. The Labute approximate surface area is 168 Å². The first-order chi connectivity index (χ1) is 13.2. The molecule has 0 heterocycles. The fourth-order valence-electron chi connectivity index (χ4n) is 7.53. The SMILES string of the molecule is CCC(=O)O[C@@H]1CC[C@@]2(C)[C@@H](CC[C@@H]3[C@@H]2C(=O)C[C@]2(C)C(C(C)=O)=CC[C@@H]32)C1. The number of Topliss-reactive ketones (excluding diaryl/α,β-unsaturated/α-hetero) is 2. The van der Waals surface area contributed by atoms with Crippen LogP contribution in [-0.2, 0) is 19.1 Å². The van der Waals surface area contributed by atoms with Gasteiger partial charge in [-0.05, 0) is 74.2 Å². The quantitative estimate of drug-likeness (QED) is 0.662. The fourth-order valence-corrected chi connectivity index (χ4v) is 7.53. The molecule has 0 aromatic carbocycles. The number of carbonyl (C=O) groups is 3. The summed E-state index contributed by atoms with van der Waals surface area (Å²) in [7, 11) is 0. The van der Waals surface area contributed by atoms with E-state index in [1.165, 1.54) is 0 Å².